The van der Waals surface area contributed by atoms with Crippen LogP contribution < -0.4 is 0 Å². The first kappa shape index (κ1) is 12.3. The molecule has 0 saturated heterocycles. The van der Waals surface area contributed by atoms with Crippen molar-refractivity contribution in [3.63, 3.8) is 0 Å². The topological polar surface area (TPSA) is 9.23 Å². The molecule has 0 fully saturated rings. The summed E-state index contributed by atoms with van der Waals surface area (Å²) in [6.45, 7) is 10.3. The van der Waals surface area contributed by atoms with Crippen molar-refractivity contribution >= 4 is 0 Å². The SMILES string of the molecule is CCCOCc1cc(C)cc(CC)c1C. The molecule has 0 aromatic heterocycles. The number of ether oxygens (including phenoxy) is 1. The molecule has 0 spiro atoms. The van der Waals surface area contributed by atoms with Crippen molar-refractivity contribution in [3.05, 3.63) is 34.4 Å². The minimum absolute atomic E-state index is 0.758. The lowest BCUT2D eigenvalue weighted by Gasteiger charge is -2.12. The van der Waals surface area contributed by atoms with Crippen molar-refractivity contribution in [3.8, 4) is 0 Å². The molecule has 0 aliphatic heterocycles. The van der Waals surface area contributed by atoms with Gasteiger partial charge in [0.2, 0.25) is 0 Å². The lowest BCUT2D eigenvalue weighted by molar-refractivity contribution is 0.121. The smallest absolute Gasteiger partial charge is 0.0719 e. The molecule has 1 aromatic carbocycles. The summed E-state index contributed by atoms with van der Waals surface area (Å²) in [5, 5.41) is 0. The van der Waals surface area contributed by atoms with Gasteiger partial charge < -0.3 is 4.74 Å². The Morgan fingerprint density at radius 1 is 1.07 bits per heavy atom. The van der Waals surface area contributed by atoms with E-state index in [9.17, 15) is 0 Å². The van der Waals surface area contributed by atoms with Gasteiger partial charge in [-0.1, -0.05) is 31.5 Å². The lowest BCUT2D eigenvalue weighted by atomic mass is 9.98. The molecule has 0 saturated carbocycles. The van der Waals surface area contributed by atoms with E-state index >= 15 is 0 Å². The first-order valence-electron chi connectivity index (χ1n) is 5.85. The summed E-state index contributed by atoms with van der Waals surface area (Å²) >= 11 is 0. The maximum Gasteiger partial charge on any atom is 0.0719 e. The van der Waals surface area contributed by atoms with Crippen LogP contribution in [0, 0.1) is 13.8 Å². The van der Waals surface area contributed by atoms with Gasteiger partial charge >= 0.3 is 0 Å². The minimum atomic E-state index is 0.758. The molecule has 1 nitrogen and oxygen atoms in total. The Morgan fingerprint density at radius 2 is 1.73 bits per heavy atom. The maximum absolute atomic E-state index is 5.60. The highest BCUT2D eigenvalue weighted by Crippen LogP contribution is 2.18. The molecule has 0 unspecified atom stereocenters. The van der Waals surface area contributed by atoms with Gasteiger partial charge in [0.25, 0.3) is 0 Å². The Kier molecular flexibility index (Phi) is 4.83. The third-order valence-electron chi connectivity index (χ3n) is 2.75. The molecule has 0 aliphatic rings. The fourth-order valence-corrected chi connectivity index (χ4v) is 1.86. The van der Waals surface area contributed by atoms with Crippen molar-refractivity contribution in [2.24, 2.45) is 0 Å². The van der Waals surface area contributed by atoms with E-state index in [0.717, 1.165) is 26.1 Å². The van der Waals surface area contributed by atoms with Crippen LogP contribution in [0.4, 0.5) is 0 Å². The second-order valence-electron chi connectivity index (χ2n) is 4.11. The van der Waals surface area contributed by atoms with Crippen LogP contribution in [0.3, 0.4) is 0 Å². The van der Waals surface area contributed by atoms with Gasteiger partial charge in [0, 0.05) is 6.61 Å². The zero-order valence-corrected chi connectivity index (χ0v) is 10.4. The van der Waals surface area contributed by atoms with Crippen LogP contribution in [-0.4, -0.2) is 6.61 Å². The maximum atomic E-state index is 5.60. The second-order valence-corrected chi connectivity index (χ2v) is 4.11. The molecule has 0 bridgehead atoms. The lowest BCUT2D eigenvalue weighted by Crippen LogP contribution is -2.00. The van der Waals surface area contributed by atoms with Gasteiger partial charge in [0.15, 0.2) is 0 Å². The van der Waals surface area contributed by atoms with Gasteiger partial charge in [-0.2, -0.15) is 0 Å². The average molecular weight is 206 g/mol. The van der Waals surface area contributed by atoms with E-state index in [-0.39, 0.29) is 0 Å². The first-order valence-corrected chi connectivity index (χ1v) is 5.85. The second kappa shape index (κ2) is 5.92. The van der Waals surface area contributed by atoms with Gasteiger partial charge in [0.1, 0.15) is 0 Å². The highest BCUT2D eigenvalue weighted by molar-refractivity contribution is 5.37. The zero-order valence-electron chi connectivity index (χ0n) is 10.4. The summed E-state index contributed by atoms with van der Waals surface area (Å²) in [5.41, 5.74) is 5.54. The van der Waals surface area contributed by atoms with E-state index in [0.29, 0.717) is 0 Å². The molecule has 0 N–H and O–H groups in total. The van der Waals surface area contributed by atoms with Crippen LogP contribution in [0.5, 0.6) is 0 Å². The van der Waals surface area contributed by atoms with Gasteiger partial charge in [-0.05, 0) is 43.4 Å². The molecule has 0 heterocycles. The molecule has 0 atom stereocenters. The standard InChI is InChI=1S/C14H22O/c1-5-7-15-10-14-9-11(3)8-13(6-2)12(14)4/h8-9H,5-7,10H2,1-4H3. The molecular formula is C14H22O. The van der Waals surface area contributed by atoms with E-state index in [1.54, 1.807) is 0 Å². The number of benzene rings is 1. The number of hydrogen-bond donors (Lipinski definition) is 0. The predicted octanol–water partition coefficient (Wildman–Crippen LogP) is 3.79. The number of aryl methyl sites for hydroxylation is 2. The summed E-state index contributed by atoms with van der Waals surface area (Å²) in [6.07, 6.45) is 2.19. The van der Waals surface area contributed by atoms with E-state index in [4.69, 9.17) is 4.74 Å². The molecular weight excluding hydrogens is 184 g/mol. The van der Waals surface area contributed by atoms with Crippen LogP contribution in [0.25, 0.3) is 0 Å². The van der Waals surface area contributed by atoms with E-state index in [1.165, 1.54) is 22.3 Å². The third-order valence-corrected chi connectivity index (χ3v) is 2.75. The van der Waals surface area contributed by atoms with E-state index in [1.807, 2.05) is 0 Å². The molecule has 1 heteroatoms. The third kappa shape index (κ3) is 3.35. The Labute approximate surface area is 93.5 Å². The fraction of sp³-hybridized carbons (Fsp3) is 0.571. The molecule has 1 aromatic rings. The number of rotatable bonds is 5. The average Bonchev–Trinajstić information content (AvgIpc) is 2.23. The van der Waals surface area contributed by atoms with Crippen LogP contribution in [0.1, 0.15) is 42.5 Å². The Bertz CT molecular complexity index is 315. The Morgan fingerprint density at radius 3 is 2.33 bits per heavy atom. The van der Waals surface area contributed by atoms with E-state index in [2.05, 4.69) is 39.8 Å². The summed E-state index contributed by atoms with van der Waals surface area (Å²) in [7, 11) is 0. The molecule has 0 amide bonds. The monoisotopic (exact) mass is 206 g/mol. The normalized spacial score (nSPS) is 10.7. The van der Waals surface area contributed by atoms with Gasteiger partial charge in [-0.3, -0.25) is 0 Å². The highest BCUT2D eigenvalue weighted by Gasteiger charge is 2.04. The minimum Gasteiger partial charge on any atom is -0.377 e. The van der Waals surface area contributed by atoms with Crippen molar-refractivity contribution in [2.75, 3.05) is 6.61 Å². The van der Waals surface area contributed by atoms with Crippen LogP contribution >= 0.6 is 0 Å². The van der Waals surface area contributed by atoms with Gasteiger partial charge in [-0.15, -0.1) is 0 Å². The summed E-state index contributed by atoms with van der Waals surface area (Å²) < 4.78 is 5.60. The Hall–Kier alpha value is -0.820. The first-order chi connectivity index (χ1) is 7.19. The van der Waals surface area contributed by atoms with Crippen molar-refractivity contribution in [1.29, 1.82) is 0 Å². The fourth-order valence-electron chi connectivity index (χ4n) is 1.86. The molecule has 84 valence electrons. The molecule has 0 radical (unpaired) electrons. The largest absolute Gasteiger partial charge is 0.377 e. The quantitative estimate of drug-likeness (QED) is 0.666. The number of hydrogen-bond acceptors (Lipinski definition) is 1. The summed E-state index contributed by atoms with van der Waals surface area (Å²) in [4.78, 5) is 0. The molecule has 0 aliphatic carbocycles. The Balaban J connectivity index is 2.81. The van der Waals surface area contributed by atoms with Crippen molar-refractivity contribution in [2.45, 2.75) is 47.1 Å². The molecule has 1 rings (SSSR count). The zero-order chi connectivity index (χ0) is 11.3. The molecule has 15 heavy (non-hydrogen) atoms. The van der Waals surface area contributed by atoms with Crippen LogP contribution in [0.2, 0.25) is 0 Å². The van der Waals surface area contributed by atoms with Crippen LogP contribution in [0.15, 0.2) is 12.1 Å². The van der Waals surface area contributed by atoms with Crippen molar-refractivity contribution in [1.82, 2.24) is 0 Å². The van der Waals surface area contributed by atoms with Gasteiger partial charge in [-0.25, -0.2) is 0 Å². The summed E-state index contributed by atoms with van der Waals surface area (Å²) in [5.74, 6) is 0. The predicted molar refractivity (Wildman–Crippen MR) is 65.2 cm³/mol. The van der Waals surface area contributed by atoms with Crippen molar-refractivity contribution < 1.29 is 4.74 Å². The summed E-state index contributed by atoms with van der Waals surface area (Å²) in [6, 6.07) is 4.52. The van der Waals surface area contributed by atoms with Gasteiger partial charge in [0.05, 0.1) is 6.61 Å². The van der Waals surface area contributed by atoms with Crippen LogP contribution in [-0.2, 0) is 17.8 Å². The van der Waals surface area contributed by atoms with E-state index < -0.39 is 0 Å². The highest BCUT2D eigenvalue weighted by atomic mass is 16.5.